The number of nitrogens with zero attached hydrogens (tertiary/aromatic N) is 6. The molecule has 0 spiro atoms. The number of hydrogen-bond acceptors (Lipinski definition) is 8. The van der Waals surface area contributed by atoms with Crippen molar-refractivity contribution in [3.8, 4) is 56.0 Å². The molecule has 0 saturated heterocycles. The van der Waals surface area contributed by atoms with E-state index in [2.05, 4.69) is 302 Å². The van der Waals surface area contributed by atoms with Crippen LogP contribution >= 0.6 is 0 Å². The van der Waals surface area contributed by atoms with Gasteiger partial charge in [0.15, 0.2) is 5.82 Å². The summed E-state index contributed by atoms with van der Waals surface area (Å²) in [7, 11) is 0. The molecule has 90 heavy (non-hydrogen) atoms. The van der Waals surface area contributed by atoms with Crippen molar-refractivity contribution in [1.82, 2.24) is 19.9 Å². The highest BCUT2D eigenvalue weighted by Crippen LogP contribution is 2.53. The molecule has 8 nitrogen and oxygen atoms in total. The van der Waals surface area contributed by atoms with E-state index in [-0.39, 0.29) is 5.92 Å². The van der Waals surface area contributed by atoms with Crippen molar-refractivity contribution in [3.63, 3.8) is 0 Å². The van der Waals surface area contributed by atoms with Gasteiger partial charge in [0.25, 0.3) is 0 Å². The molecule has 8 heteroatoms. The number of aryl methyl sites for hydroxylation is 1. The first-order valence-electron chi connectivity index (χ1n) is 30.6. The third-order valence-electron chi connectivity index (χ3n) is 17.7. The first-order chi connectivity index (χ1) is 44.3. The molecule has 17 aromatic rings. The Kier molecular flexibility index (Phi) is 12.4. The molecule has 4 heterocycles. The second kappa shape index (κ2) is 21.3. The second-order valence-electron chi connectivity index (χ2n) is 23.6. The van der Waals surface area contributed by atoms with E-state index in [1.165, 1.54) is 5.39 Å². The van der Waals surface area contributed by atoms with Crippen LogP contribution in [-0.2, 0) is 0 Å². The molecule has 0 aliphatic carbocycles. The molecule has 0 aliphatic rings. The van der Waals surface area contributed by atoms with Crippen molar-refractivity contribution in [2.75, 3.05) is 9.80 Å². The van der Waals surface area contributed by atoms with Gasteiger partial charge in [-0.05, 0) is 146 Å². The van der Waals surface area contributed by atoms with E-state index in [1.54, 1.807) is 6.33 Å². The van der Waals surface area contributed by atoms with Crippen LogP contribution in [0.5, 0.6) is 0 Å². The summed E-state index contributed by atoms with van der Waals surface area (Å²) in [5, 5.41) is 10.2. The normalized spacial score (nSPS) is 11.8. The largest absolute Gasteiger partial charge is 0.455 e. The molecule has 0 unspecified atom stereocenters. The maximum atomic E-state index is 7.64. The lowest BCUT2D eigenvalue weighted by molar-refractivity contribution is 0.669. The van der Waals surface area contributed by atoms with E-state index in [4.69, 9.17) is 23.8 Å². The molecule has 13 aromatic carbocycles. The SMILES string of the molecule is Cc1cccc(N(c2cccc(-c3ccccc3)c2)c2cc3oc4c(-c5ncnc(C(C)C)n5)ccc5c6cc(N(c7ccccc7)c7cccc(-c8ccccc8)c7)cc7oc8c(-c9ccc(-c%10cccc%11ccccc%10%11)nc9)ccc(c(c2)c3c45)c8c76)c1. The lowest BCUT2D eigenvalue weighted by atomic mass is 9.91. The molecule has 4 aromatic heterocycles. The molecule has 0 fully saturated rings. The summed E-state index contributed by atoms with van der Waals surface area (Å²) in [5.41, 5.74) is 19.0. The molecule has 0 N–H and O–H groups in total. The van der Waals surface area contributed by atoms with Gasteiger partial charge in [-0.1, -0.05) is 190 Å². The lowest BCUT2D eigenvalue weighted by Gasteiger charge is -2.27. The fraction of sp³-hybridized carbons (Fsp3) is 0.0488. The van der Waals surface area contributed by atoms with E-state index in [1.807, 2.05) is 6.20 Å². The predicted molar refractivity (Wildman–Crippen MR) is 371 cm³/mol. The van der Waals surface area contributed by atoms with Crippen molar-refractivity contribution < 1.29 is 8.83 Å². The Morgan fingerprint density at radius 3 is 1.48 bits per heavy atom. The van der Waals surface area contributed by atoms with E-state index in [9.17, 15) is 0 Å². The maximum Gasteiger partial charge on any atom is 0.166 e. The van der Waals surface area contributed by atoms with Crippen molar-refractivity contribution >= 4 is 110 Å². The lowest BCUT2D eigenvalue weighted by Crippen LogP contribution is -2.10. The molecule has 426 valence electrons. The van der Waals surface area contributed by atoms with Gasteiger partial charge in [0.1, 0.15) is 34.5 Å². The Morgan fingerprint density at radius 2 is 0.867 bits per heavy atom. The number of anilines is 6. The summed E-state index contributed by atoms with van der Waals surface area (Å²) in [4.78, 5) is 24.6. The predicted octanol–water partition coefficient (Wildman–Crippen LogP) is 22.7. The minimum absolute atomic E-state index is 0.0738. The molecule has 0 bridgehead atoms. The molecular formula is C82H56N6O2. The summed E-state index contributed by atoms with van der Waals surface area (Å²) in [5.74, 6) is 1.33. The van der Waals surface area contributed by atoms with Crippen molar-refractivity contribution in [1.29, 1.82) is 0 Å². The number of para-hydroxylation sites is 1. The van der Waals surface area contributed by atoms with E-state index >= 15 is 0 Å². The zero-order valence-corrected chi connectivity index (χ0v) is 49.6. The second-order valence-corrected chi connectivity index (χ2v) is 23.6. The Balaban J connectivity index is 0.996. The Bertz CT molecular complexity index is 5600. The zero-order valence-electron chi connectivity index (χ0n) is 49.6. The van der Waals surface area contributed by atoms with Gasteiger partial charge in [-0.2, -0.15) is 0 Å². The maximum absolute atomic E-state index is 7.64. The molecule has 0 aliphatic heterocycles. The molecule has 0 radical (unpaired) electrons. The van der Waals surface area contributed by atoms with Crippen LogP contribution in [0.15, 0.2) is 288 Å². The summed E-state index contributed by atoms with van der Waals surface area (Å²) in [6.45, 7) is 6.36. The number of benzene rings is 12. The van der Waals surface area contributed by atoms with Gasteiger partial charge < -0.3 is 18.6 Å². The average molecular weight is 1160 g/mol. The van der Waals surface area contributed by atoms with E-state index < -0.39 is 0 Å². The summed E-state index contributed by atoms with van der Waals surface area (Å²) >= 11 is 0. The number of fused-ring (bicyclic) bond motifs is 3. The van der Waals surface area contributed by atoms with Gasteiger partial charge >= 0.3 is 0 Å². The minimum Gasteiger partial charge on any atom is -0.455 e. The Morgan fingerprint density at radius 1 is 0.344 bits per heavy atom. The van der Waals surface area contributed by atoms with Gasteiger partial charge in [0.05, 0.1) is 22.6 Å². The number of rotatable bonds is 12. The molecule has 17 rings (SSSR count). The highest BCUT2D eigenvalue weighted by molar-refractivity contribution is 6.38. The van der Waals surface area contributed by atoms with Crippen molar-refractivity contribution in [2.45, 2.75) is 26.7 Å². The van der Waals surface area contributed by atoms with Crippen LogP contribution in [0.2, 0.25) is 0 Å². The third kappa shape index (κ3) is 8.82. The monoisotopic (exact) mass is 1160 g/mol. The minimum atomic E-state index is 0.0738. The molecule has 0 saturated carbocycles. The van der Waals surface area contributed by atoms with E-state index in [0.29, 0.717) is 17.2 Å². The number of pyridine rings is 1. The van der Waals surface area contributed by atoms with Crippen molar-refractivity contribution in [3.05, 3.63) is 291 Å². The fourth-order valence-electron chi connectivity index (χ4n) is 13.5. The van der Waals surface area contributed by atoms with Crippen LogP contribution in [0.3, 0.4) is 0 Å². The summed E-state index contributed by atoms with van der Waals surface area (Å²) in [6.07, 6.45) is 3.62. The van der Waals surface area contributed by atoms with Crippen LogP contribution < -0.4 is 9.80 Å². The summed E-state index contributed by atoms with van der Waals surface area (Å²) < 4.78 is 15.2. The number of furan rings is 2. The van der Waals surface area contributed by atoms with Gasteiger partial charge in [0.2, 0.25) is 0 Å². The van der Waals surface area contributed by atoms with Crippen LogP contribution in [0.4, 0.5) is 34.1 Å². The van der Waals surface area contributed by atoms with Crippen LogP contribution in [0.25, 0.3) is 132 Å². The van der Waals surface area contributed by atoms with E-state index in [0.717, 1.165) is 155 Å². The Labute approximate surface area is 519 Å². The van der Waals surface area contributed by atoms with Gasteiger partial charge in [0, 0.05) is 85.2 Å². The highest BCUT2D eigenvalue weighted by atomic mass is 16.3. The zero-order chi connectivity index (χ0) is 60.0. The third-order valence-corrected chi connectivity index (χ3v) is 17.7. The Hall–Kier alpha value is -11.7. The molecule has 0 amide bonds. The van der Waals surface area contributed by atoms with Crippen molar-refractivity contribution in [2.24, 2.45) is 0 Å². The number of aromatic nitrogens is 4. The van der Waals surface area contributed by atoms with Gasteiger partial charge in [-0.25, -0.2) is 15.0 Å². The smallest absolute Gasteiger partial charge is 0.166 e. The van der Waals surface area contributed by atoms with Crippen LogP contribution in [0.1, 0.15) is 31.2 Å². The van der Waals surface area contributed by atoms with Gasteiger partial charge in [-0.3, -0.25) is 4.98 Å². The fourth-order valence-corrected chi connectivity index (χ4v) is 13.5. The van der Waals surface area contributed by atoms with Crippen LogP contribution in [0, 0.1) is 6.92 Å². The first-order valence-corrected chi connectivity index (χ1v) is 30.6. The quantitative estimate of drug-likeness (QED) is 0.120. The molecule has 0 atom stereocenters. The molecular weight excluding hydrogens is 1100 g/mol. The standard InChI is InChI=1S/C82H56N6O2/c1-50(2)81-84-49-85-82(86-81)69-39-38-68-70-44-62(87(58-28-11-6-12-29-58)60-31-16-26-55(42-60)52-20-7-4-8-21-52)46-73-75(70)77-67(37-36-65(79(77)89-73)57-35-40-72(83-48-57)66-34-18-25-54-24-13-14-33-64(54)66)71-45-63(47-74-76(71)78(68)80(69)90-74)88(59-30-15-19-51(3)41-59)61-32-17-27-56(43-61)53-22-9-5-10-23-53/h4-50H,1-3H3. The summed E-state index contributed by atoms with van der Waals surface area (Å²) in [6, 6.07) is 95.3. The van der Waals surface area contributed by atoms with Gasteiger partial charge in [-0.15, -0.1) is 0 Å². The average Bonchev–Trinajstić information content (AvgIpc) is 1.50. The highest BCUT2D eigenvalue weighted by Gasteiger charge is 2.28. The topological polar surface area (TPSA) is 84.3 Å². The first kappa shape index (κ1) is 52.6. The van der Waals surface area contributed by atoms with Crippen LogP contribution in [-0.4, -0.2) is 19.9 Å². The number of hydrogen-bond donors (Lipinski definition) is 0.